The minimum Gasteiger partial charge on any atom is -0.480 e. The molecule has 0 aliphatic heterocycles. The van der Waals surface area contributed by atoms with E-state index in [0.717, 1.165) is 12.8 Å². The van der Waals surface area contributed by atoms with E-state index in [1.165, 1.54) is 0 Å². The van der Waals surface area contributed by atoms with Gasteiger partial charge in [0.25, 0.3) is 0 Å². The highest BCUT2D eigenvalue weighted by Crippen LogP contribution is 1.99. The summed E-state index contributed by atoms with van der Waals surface area (Å²) in [5.41, 5.74) is 0. The molecule has 0 bridgehead atoms. The number of urea groups is 1. The van der Waals surface area contributed by atoms with Crippen LogP contribution in [0, 0.1) is 0 Å². The van der Waals surface area contributed by atoms with Gasteiger partial charge < -0.3 is 15.3 Å². The fraction of sp³-hybridized carbons (Fsp3) is 0.818. The van der Waals surface area contributed by atoms with Crippen molar-refractivity contribution in [1.29, 1.82) is 0 Å². The van der Waals surface area contributed by atoms with Crippen LogP contribution < -0.4 is 5.32 Å². The molecule has 16 heavy (non-hydrogen) atoms. The zero-order chi connectivity index (χ0) is 12.6. The molecule has 5 heteroatoms. The lowest BCUT2D eigenvalue weighted by molar-refractivity contribution is -0.139. The normalized spacial score (nSPS) is 11.9. The molecule has 0 rings (SSSR count). The smallest absolute Gasteiger partial charge is 0.326 e. The average Bonchev–Trinajstić information content (AvgIpc) is 2.24. The molecule has 0 fully saturated rings. The molecule has 0 heterocycles. The molecular formula is C11H22N2O3. The van der Waals surface area contributed by atoms with Crippen LogP contribution >= 0.6 is 0 Å². The van der Waals surface area contributed by atoms with Gasteiger partial charge in [0.1, 0.15) is 6.04 Å². The van der Waals surface area contributed by atoms with E-state index in [9.17, 15) is 9.59 Å². The van der Waals surface area contributed by atoms with Gasteiger partial charge in [-0.05, 0) is 19.8 Å². The molecule has 0 saturated heterocycles. The summed E-state index contributed by atoms with van der Waals surface area (Å²) in [4.78, 5) is 24.2. The molecule has 0 aliphatic rings. The van der Waals surface area contributed by atoms with Crippen LogP contribution in [0.25, 0.3) is 0 Å². The highest BCUT2D eigenvalue weighted by atomic mass is 16.4. The Labute approximate surface area is 96.8 Å². The number of hydrogen-bond donors (Lipinski definition) is 2. The SMILES string of the molecule is CCCC(NC(=O)N(CC)CCC)C(=O)O. The van der Waals surface area contributed by atoms with Gasteiger partial charge in [0.05, 0.1) is 0 Å². The van der Waals surface area contributed by atoms with Crippen molar-refractivity contribution in [3.05, 3.63) is 0 Å². The Balaban J connectivity index is 4.31. The first-order valence-corrected chi connectivity index (χ1v) is 5.84. The van der Waals surface area contributed by atoms with Gasteiger partial charge in [-0.2, -0.15) is 0 Å². The number of carbonyl (C=O) groups is 2. The van der Waals surface area contributed by atoms with Gasteiger partial charge >= 0.3 is 12.0 Å². The third-order valence-corrected chi connectivity index (χ3v) is 2.34. The number of amides is 2. The van der Waals surface area contributed by atoms with Gasteiger partial charge in [0, 0.05) is 13.1 Å². The van der Waals surface area contributed by atoms with Crippen LogP contribution in [-0.4, -0.2) is 41.1 Å². The number of nitrogens with one attached hydrogen (secondary N) is 1. The topological polar surface area (TPSA) is 69.6 Å². The monoisotopic (exact) mass is 230 g/mol. The molecule has 0 saturated carbocycles. The second kappa shape index (κ2) is 7.96. The predicted molar refractivity (Wildman–Crippen MR) is 62.4 cm³/mol. The van der Waals surface area contributed by atoms with Crippen LogP contribution in [0.1, 0.15) is 40.0 Å². The van der Waals surface area contributed by atoms with Gasteiger partial charge in [-0.1, -0.05) is 20.3 Å². The van der Waals surface area contributed by atoms with Crippen LogP contribution in [0.5, 0.6) is 0 Å². The van der Waals surface area contributed by atoms with Crippen LogP contribution in [-0.2, 0) is 4.79 Å². The van der Waals surface area contributed by atoms with E-state index in [-0.39, 0.29) is 6.03 Å². The third kappa shape index (κ3) is 5.00. The van der Waals surface area contributed by atoms with E-state index in [2.05, 4.69) is 5.32 Å². The molecule has 1 atom stereocenters. The minimum atomic E-state index is -0.970. The zero-order valence-corrected chi connectivity index (χ0v) is 10.3. The van der Waals surface area contributed by atoms with Crippen molar-refractivity contribution in [3.8, 4) is 0 Å². The Morgan fingerprint density at radius 2 is 1.88 bits per heavy atom. The van der Waals surface area contributed by atoms with Crippen molar-refractivity contribution < 1.29 is 14.7 Å². The first-order valence-electron chi connectivity index (χ1n) is 5.84. The number of hydrogen-bond acceptors (Lipinski definition) is 2. The second-order valence-corrected chi connectivity index (χ2v) is 3.71. The van der Waals surface area contributed by atoms with Gasteiger partial charge in [-0.3, -0.25) is 0 Å². The lowest BCUT2D eigenvalue weighted by Gasteiger charge is -2.23. The van der Waals surface area contributed by atoms with Crippen molar-refractivity contribution in [1.82, 2.24) is 10.2 Å². The fourth-order valence-corrected chi connectivity index (χ4v) is 1.46. The second-order valence-electron chi connectivity index (χ2n) is 3.71. The summed E-state index contributed by atoms with van der Waals surface area (Å²) in [6.45, 7) is 7.01. The molecule has 0 aromatic carbocycles. The van der Waals surface area contributed by atoms with Crippen LogP contribution in [0.2, 0.25) is 0 Å². The van der Waals surface area contributed by atoms with Gasteiger partial charge in [-0.25, -0.2) is 9.59 Å². The van der Waals surface area contributed by atoms with Crippen molar-refractivity contribution in [3.63, 3.8) is 0 Å². The van der Waals surface area contributed by atoms with Crippen LogP contribution in [0.3, 0.4) is 0 Å². The average molecular weight is 230 g/mol. The molecule has 2 N–H and O–H groups in total. The van der Waals surface area contributed by atoms with E-state index in [1.54, 1.807) is 4.90 Å². The van der Waals surface area contributed by atoms with Gasteiger partial charge in [0.2, 0.25) is 0 Å². The molecular weight excluding hydrogens is 208 g/mol. The van der Waals surface area contributed by atoms with E-state index < -0.39 is 12.0 Å². The first-order chi connectivity index (χ1) is 7.56. The number of nitrogens with zero attached hydrogens (tertiary/aromatic N) is 1. The molecule has 5 nitrogen and oxygen atoms in total. The summed E-state index contributed by atoms with van der Waals surface area (Å²) in [6.07, 6.45) is 2.06. The van der Waals surface area contributed by atoms with E-state index in [4.69, 9.17) is 5.11 Å². The molecule has 0 aromatic rings. The van der Waals surface area contributed by atoms with Crippen molar-refractivity contribution in [2.45, 2.75) is 46.1 Å². The maximum absolute atomic E-state index is 11.7. The maximum Gasteiger partial charge on any atom is 0.326 e. The van der Waals surface area contributed by atoms with E-state index in [1.807, 2.05) is 20.8 Å². The maximum atomic E-state index is 11.7. The lowest BCUT2D eigenvalue weighted by atomic mass is 10.2. The summed E-state index contributed by atoms with van der Waals surface area (Å²) >= 11 is 0. The lowest BCUT2D eigenvalue weighted by Crippen LogP contribution is -2.48. The van der Waals surface area contributed by atoms with Crippen molar-refractivity contribution in [2.24, 2.45) is 0 Å². The Hall–Kier alpha value is -1.26. The molecule has 94 valence electrons. The largest absolute Gasteiger partial charge is 0.480 e. The Morgan fingerprint density at radius 1 is 1.25 bits per heavy atom. The summed E-state index contributed by atoms with van der Waals surface area (Å²) in [5, 5.41) is 11.4. The summed E-state index contributed by atoms with van der Waals surface area (Å²) in [6, 6.07) is -1.06. The van der Waals surface area contributed by atoms with Gasteiger partial charge in [-0.15, -0.1) is 0 Å². The van der Waals surface area contributed by atoms with Crippen LogP contribution in [0.15, 0.2) is 0 Å². The molecule has 2 amide bonds. The number of carboxylic acids is 1. The Kier molecular flexibility index (Phi) is 7.33. The first kappa shape index (κ1) is 14.7. The molecule has 0 radical (unpaired) electrons. The van der Waals surface area contributed by atoms with Gasteiger partial charge in [0.15, 0.2) is 0 Å². The molecule has 0 aromatic heterocycles. The highest BCUT2D eigenvalue weighted by Gasteiger charge is 2.21. The Bertz CT molecular complexity index is 231. The molecule has 0 aliphatic carbocycles. The van der Waals surface area contributed by atoms with E-state index in [0.29, 0.717) is 19.5 Å². The molecule has 1 unspecified atom stereocenters. The number of carboxylic acid groups (broad SMARTS) is 1. The highest BCUT2D eigenvalue weighted by molar-refractivity contribution is 5.82. The molecule has 0 spiro atoms. The predicted octanol–water partition coefficient (Wildman–Crippen LogP) is 1.68. The van der Waals surface area contributed by atoms with Crippen LogP contribution in [0.4, 0.5) is 4.79 Å². The number of aliphatic carboxylic acids is 1. The Morgan fingerprint density at radius 3 is 2.25 bits per heavy atom. The summed E-state index contributed by atoms with van der Waals surface area (Å²) in [5.74, 6) is -0.970. The number of rotatable bonds is 7. The number of carbonyl (C=O) groups excluding carboxylic acids is 1. The minimum absolute atomic E-state index is 0.287. The van der Waals surface area contributed by atoms with Crippen molar-refractivity contribution in [2.75, 3.05) is 13.1 Å². The quantitative estimate of drug-likeness (QED) is 0.699. The standard InChI is InChI=1S/C11H22N2O3/c1-4-7-9(10(14)15)12-11(16)13(6-3)8-5-2/h9H,4-8H2,1-3H3,(H,12,16)(H,14,15). The zero-order valence-electron chi connectivity index (χ0n) is 10.3. The third-order valence-electron chi connectivity index (χ3n) is 2.34. The summed E-state index contributed by atoms with van der Waals surface area (Å²) < 4.78 is 0. The fourth-order valence-electron chi connectivity index (χ4n) is 1.46. The van der Waals surface area contributed by atoms with Crippen molar-refractivity contribution >= 4 is 12.0 Å². The summed E-state index contributed by atoms with van der Waals surface area (Å²) in [7, 11) is 0. The van der Waals surface area contributed by atoms with E-state index >= 15 is 0 Å².